The zero-order chi connectivity index (χ0) is 13.8. The van der Waals surface area contributed by atoms with Gasteiger partial charge in [0.15, 0.2) is 0 Å². The average molecular weight is 270 g/mol. The summed E-state index contributed by atoms with van der Waals surface area (Å²) in [4.78, 5) is 24.7. The number of benzene rings is 1. The molecule has 1 heterocycles. The first-order chi connectivity index (χ1) is 9.08. The van der Waals surface area contributed by atoms with Crippen LogP contribution in [-0.4, -0.2) is 43.0 Å². The monoisotopic (exact) mass is 270 g/mol. The predicted octanol–water partition coefficient (Wildman–Crippen LogP) is 0.762. The third-order valence-electron chi connectivity index (χ3n) is 2.67. The Hall–Kier alpha value is -2.02. The molecule has 0 aliphatic carbocycles. The largest absolute Gasteiger partial charge is 0.378 e. The maximum atomic E-state index is 13.3. The first-order valence-electron chi connectivity index (χ1n) is 5.71. The molecule has 0 saturated carbocycles. The smallest absolute Gasteiger partial charge is 0.313 e. The van der Waals surface area contributed by atoms with E-state index in [0.29, 0.717) is 26.3 Å². The predicted molar refractivity (Wildman–Crippen MR) is 62.4 cm³/mol. The Morgan fingerprint density at radius 2 is 1.89 bits per heavy atom. The number of amides is 2. The van der Waals surface area contributed by atoms with Crippen LogP contribution in [0.4, 0.5) is 14.5 Å². The molecule has 1 aromatic rings. The van der Waals surface area contributed by atoms with E-state index in [9.17, 15) is 18.4 Å². The summed E-state index contributed by atoms with van der Waals surface area (Å²) >= 11 is 0. The first-order valence-corrected chi connectivity index (χ1v) is 5.71. The molecule has 0 bridgehead atoms. The molecule has 1 fully saturated rings. The van der Waals surface area contributed by atoms with E-state index >= 15 is 0 Å². The molecule has 0 atom stereocenters. The summed E-state index contributed by atoms with van der Waals surface area (Å²) in [7, 11) is 0. The standard InChI is InChI=1S/C12H12F2N2O3/c13-8-1-2-9(14)10(7-8)15-11(17)12(18)16-3-5-19-6-4-16/h1-2,7H,3-6H2,(H,15,17). The summed E-state index contributed by atoms with van der Waals surface area (Å²) in [5.41, 5.74) is -0.355. The number of rotatable bonds is 1. The van der Waals surface area contributed by atoms with Crippen LogP contribution in [0.2, 0.25) is 0 Å². The van der Waals surface area contributed by atoms with E-state index in [1.54, 1.807) is 0 Å². The highest BCUT2D eigenvalue weighted by atomic mass is 19.1. The van der Waals surface area contributed by atoms with Gasteiger partial charge in [-0.1, -0.05) is 0 Å². The number of carbonyl (C=O) groups is 2. The minimum atomic E-state index is -0.994. The van der Waals surface area contributed by atoms with Crippen molar-refractivity contribution in [2.45, 2.75) is 0 Å². The number of nitrogens with one attached hydrogen (secondary N) is 1. The number of halogens is 2. The highest BCUT2D eigenvalue weighted by molar-refractivity contribution is 6.39. The number of nitrogens with zero attached hydrogens (tertiary/aromatic N) is 1. The molecule has 102 valence electrons. The molecule has 2 amide bonds. The normalized spacial score (nSPS) is 15.2. The van der Waals surface area contributed by atoms with E-state index in [4.69, 9.17) is 4.74 Å². The van der Waals surface area contributed by atoms with Crippen LogP contribution in [0.3, 0.4) is 0 Å². The molecule has 2 rings (SSSR count). The fraction of sp³-hybridized carbons (Fsp3) is 0.333. The van der Waals surface area contributed by atoms with E-state index in [-0.39, 0.29) is 5.69 Å². The Labute approximate surface area is 108 Å². The summed E-state index contributed by atoms with van der Waals surface area (Å²) in [5, 5.41) is 2.06. The lowest BCUT2D eigenvalue weighted by molar-refractivity contribution is -0.145. The van der Waals surface area contributed by atoms with Gasteiger partial charge in [-0.05, 0) is 12.1 Å². The van der Waals surface area contributed by atoms with Crippen molar-refractivity contribution in [2.75, 3.05) is 31.6 Å². The van der Waals surface area contributed by atoms with Crippen molar-refractivity contribution in [1.82, 2.24) is 4.90 Å². The fourth-order valence-corrected chi connectivity index (χ4v) is 1.68. The van der Waals surface area contributed by atoms with Gasteiger partial charge in [-0.15, -0.1) is 0 Å². The number of hydrogen-bond donors (Lipinski definition) is 1. The van der Waals surface area contributed by atoms with Gasteiger partial charge in [-0.25, -0.2) is 8.78 Å². The minimum absolute atomic E-state index is 0.303. The van der Waals surface area contributed by atoms with Gasteiger partial charge in [-0.3, -0.25) is 9.59 Å². The second kappa shape index (κ2) is 5.75. The Kier molecular flexibility index (Phi) is 4.06. The molecule has 0 unspecified atom stereocenters. The Balaban J connectivity index is 2.03. The molecule has 1 saturated heterocycles. The van der Waals surface area contributed by atoms with Crippen molar-refractivity contribution in [3.63, 3.8) is 0 Å². The molecule has 1 aliphatic rings. The number of carbonyl (C=O) groups excluding carboxylic acids is 2. The van der Waals surface area contributed by atoms with Gasteiger partial charge >= 0.3 is 11.8 Å². The molecule has 1 aliphatic heterocycles. The Morgan fingerprint density at radius 3 is 2.58 bits per heavy atom. The highest BCUT2D eigenvalue weighted by Gasteiger charge is 2.24. The summed E-state index contributed by atoms with van der Waals surface area (Å²) in [6.45, 7) is 1.32. The average Bonchev–Trinajstić information content (AvgIpc) is 2.43. The van der Waals surface area contributed by atoms with Crippen molar-refractivity contribution in [1.29, 1.82) is 0 Å². The first kappa shape index (κ1) is 13.4. The maximum absolute atomic E-state index is 13.3. The van der Waals surface area contributed by atoms with Gasteiger partial charge in [0.25, 0.3) is 0 Å². The van der Waals surface area contributed by atoms with Crippen LogP contribution < -0.4 is 5.32 Å². The lowest BCUT2D eigenvalue weighted by Crippen LogP contribution is -2.45. The van der Waals surface area contributed by atoms with Gasteiger partial charge in [0.2, 0.25) is 0 Å². The Morgan fingerprint density at radius 1 is 1.21 bits per heavy atom. The summed E-state index contributed by atoms with van der Waals surface area (Å²) in [6.07, 6.45) is 0. The number of morpholine rings is 1. The van der Waals surface area contributed by atoms with E-state index in [0.717, 1.165) is 18.2 Å². The van der Waals surface area contributed by atoms with Crippen LogP contribution >= 0.6 is 0 Å². The van der Waals surface area contributed by atoms with E-state index in [2.05, 4.69) is 5.32 Å². The van der Waals surface area contributed by atoms with Crippen LogP contribution in [-0.2, 0) is 14.3 Å². The zero-order valence-electron chi connectivity index (χ0n) is 9.99. The second-order valence-corrected chi connectivity index (χ2v) is 3.98. The molecule has 1 aromatic carbocycles. The van der Waals surface area contributed by atoms with Crippen LogP contribution in [0.1, 0.15) is 0 Å². The van der Waals surface area contributed by atoms with Crippen molar-refractivity contribution in [3.05, 3.63) is 29.8 Å². The molecule has 19 heavy (non-hydrogen) atoms. The second-order valence-electron chi connectivity index (χ2n) is 3.98. The molecule has 1 N–H and O–H groups in total. The summed E-state index contributed by atoms with van der Waals surface area (Å²) < 4.78 is 31.3. The van der Waals surface area contributed by atoms with Gasteiger partial charge in [-0.2, -0.15) is 0 Å². The molecule has 0 radical (unpaired) electrons. The molecule has 0 aromatic heterocycles. The van der Waals surface area contributed by atoms with Gasteiger partial charge in [0.05, 0.1) is 18.9 Å². The van der Waals surface area contributed by atoms with Crippen molar-refractivity contribution >= 4 is 17.5 Å². The van der Waals surface area contributed by atoms with Crippen molar-refractivity contribution in [2.24, 2.45) is 0 Å². The zero-order valence-corrected chi connectivity index (χ0v) is 9.99. The molecule has 5 nitrogen and oxygen atoms in total. The van der Waals surface area contributed by atoms with Gasteiger partial charge < -0.3 is 15.0 Å². The van der Waals surface area contributed by atoms with Gasteiger partial charge in [0, 0.05) is 19.2 Å². The molecular formula is C12H12F2N2O3. The van der Waals surface area contributed by atoms with Crippen LogP contribution in [0, 0.1) is 11.6 Å². The highest BCUT2D eigenvalue weighted by Crippen LogP contribution is 2.15. The molecule has 7 heteroatoms. The Bertz CT molecular complexity index is 502. The third kappa shape index (κ3) is 3.25. The van der Waals surface area contributed by atoms with Crippen LogP contribution in [0.5, 0.6) is 0 Å². The SMILES string of the molecule is O=C(Nc1cc(F)ccc1F)C(=O)N1CCOCC1. The fourth-order valence-electron chi connectivity index (χ4n) is 1.68. The van der Waals surface area contributed by atoms with E-state index < -0.39 is 23.4 Å². The van der Waals surface area contributed by atoms with Gasteiger partial charge in [0.1, 0.15) is 11.6 Å². The topological polar surface area (TPSA) is 58.6 Å². The maximum Gasteiger partial charge on any atom is 0.313 e. The molecule has 0 spiro atoms. The van der Waals surface area contributed by atoms with Crippen molar-refractivity contribution < 1.29 is 23.1 Å². The number of anilines is 1. The number of hydrogen-bond acceptors (Lipinski definition) is 3. The van der Waals surface area contributed by atoms with Crippen LogP contribution in [0.25, 0.3) is 0 Å². The summed E-state index contributed by atoms with van der Waals surface area (Å²) in [6, 6.07) is 2.62. The van der Waals surface area contributed by atoms with Crippen molar-refractivity contribution in [3.8, 4) is 0 Å². The minimum Gasteiger partial charge on any atom is -0.378 e. The lowest BCUT2D eigenvalue weighted by Gasteiger charge is -2.26. The molecular weight excluding hydrogens is 258 g/mol. The third-order valence-corrected chi connectivity index (χ3v) is 2.67. The quantitative estimate of drug-likeness (QED) is 0.767. The van der Waals surface area contributed by atoms with E-state index in [1.807, 2.05) is 0 Å². The lowest BCUT2D eigenvalue weighted by atomic mass is 10.3. The van der Waals surface area contributed by atoms with Crippen LogP contribution in [0.15, 0.2) is 18.2 Å². The summed E-state index contributed by atoms with van der Waals surface area (Å²) in [5.74, 6) is -3.28. The van der Waals surface area contributed by atoms with E-state index in [1.165, 1.54) is 4.90 Å². The number of ether oxygens (including phenoxy) is 1.